The number of benzene rings is 2. The number of esters is 1. The Labute approximate surface area is 111 Å². The van der Waals surface area contributed by atoms with E-state index in [0.717, 1.165) is 11.1 Å². The van der Waals surface area contributed by atoms with Crippen molar-refractivity contribution in [2.24, 2.45) is 0 Å². The number of carbonyl (C=O) groups is 1. The van der Waals surface area contributed by atoms with Crippen molar-refractivity contribution in [1.29, 1.82) is 0 Å². The van der Waals surface area contributed by atoms with Crippen LogP contribution in [0.15, 0.2) is 54.6 Å². The molecule has 0 bridgehead atoms. The van der Waals surface area contributed by atoms with Gasteiger partial charge in [-0.3, -0.25) is 0 Å². The molecule has 2 aromatic rings. The van der Waals surface area contributed by atoms with Gasteiger partial charge in [0.25, 0.3) is 0 Å². The van der Waals surface area contributed by atoms with Crippen LogP contribution in [0.5, 0.6) is 0 Å². The van der Waals surface area contributed by atoms with Crippen molar-refractivity contribution in [3.63, 3.8) is 0 Å². The second-order valence-corrected chi connectivity index (χ2v) is 4.64. The molecular weight excluding hydrogens is 240 g/mol. The average molecular weight is 254 g/mol. The minimum atomic E-state index is -0.634. The van der Waals surface area contributed by atoms with Crippen LogP contribution in [0, 0.1) is 0 Å². The molecule has 1 aliphatic rings. The molecule has 1 heterocycles. The number of rotatable bonds is 3. The van der Waals surface area contributed by atoms with Gasteiger partial charge in [-0.25, -0.2) is 4.79 Å². The lowest BCUT2D eigenvalue weighted by Gasteiger charge is -2.16. The summed E-state index contributed by atoms with van der Waals surface area (Å²) in [5.74, 6) is -0.305. The van der Waals surface area contributed by atoms with Crippen molar-refractivity contribution >= 4 is 5.97 Å². The van der Waals surface area contributed by atoms with Gasteiger partial charge >= 0.3 is 5.97 Å². The Morgan fingerprint density at radius 1 is 1.05 bits per heavy atom. The Kier molecular flexibility index (Phi) is 3.05. The second kappa shape index (κ2) is 4.86. The minimum Gasteiger partial charge on any atom is -0.454 e. The summed E-state index contributed by atoms with van der Waals surface area (Å²) in [6, 6.07) is 16.7. The molecule has 19 heavy (non-hydrogen) atoms. The number of aliphatic hydroxyl groups is 1. The Morgan fingerprint density at radius 3 is 2.53 bits per heavy atom. The topological polar surface area (TPSA) is 46.5 Å². The van der Waals surface area contributed by atoms with E-state index in [1.807, 2.05) is 48.5 Å². The lowest BCUT2D eigenvalue weighted by molar-refractivity contribution is 0.0234. The smallest absolute Gasteiger partial charge is 0.339 e. The van der Waals surface area contributed by atoms with Gasteiger partial charge in [-0.2, -0.15) is 0 Å². The molecule has 3 rings (SSSR count). The molecule has 96 valence electrons. The molecule has 3 heteroatoms. The maximum absolute atomic E-state index is 11.7. The van der Waals surface area contributed by atoms with Gasteiger partial charge in [0.15, 0.2) is 0 Å². The van der Waals surface area contributed by atoms with Gasteiger partial charge in [-0.05, 0) is 11.6 Å². The van der Waals surface area contributed by atoms with Crippen LogP contribution in [0.3, 0.4) is 0 Å². The van der Waals surface area contributed by atoms with Crippen molar-refractivity contribution in [2.45, 2.75) is 18.6 Å². The van der Waals surface area contributed by atoms with E-state index in [4.69, 9.17) is 4.74 Å². The summed E-state index contributed by atoms with van der Waals surface area (Å²) in [6.45, 7) is 0. The largest absolute Gasteiger partial charge is 0.454 e. The third-order valence-corrected chi connectivity index (χ3v) is 3.40. The third-order valence-electron chi connectivity index (χ3n) is 3.40. The fourth-order valence-corrected chi connectivity index (χ4v) is 2.41. The number of hydrogen-bond donors (Lipinski definition) is 1. The molecule has 2 atom stereocenters. The Hall–Kier alpha value is -2.13. The van der Waals surface area contributed by atoms with Gasteiger partial charge in [0.05, 0.1) is 11.7 Å². The molecule has 0 saturated heterocycles. The van der Waals surface area contributed by atoms with Crippen LogP contribution < -0.4 is 0 Å². The summed E-state index contributed by atoms with van der Waals surface area (Å²) in [5.41, 5.74) is 2.30. The van der Waals surface area contributed by atoms with Crippen LogP contribution in [0.2, 0.25) is 0 Å². The van der Waals surface area contributed by atoms with E-state index in [-0.39, 0.29) is 12.1 Å². The molecule has 0 fully saturated rings. The summed E-state index contributed by atoms with van der Waals surface area (Å²) < 4.78 is 5.32. The lowest BCUT2D eigenvalue weighted by Crippen LogP contribution is -2.06. The van der Waals surface area contributed by atoms with E-state index < -0.39 is 6.10 Å². The summed E-state index contributed by atoms with van der Waals surface area (Å²) in [7, 11) is 0. The first-order valence-corrected chi connectivity index (χ1v) is 6.28. The first kappa shape index (κ1) is 11.9. The summed E-state index contributed by atoms with van der Waals surface area (Å²) in [5, 5.41) is 10.2. The molecule has 0 spiro atoms. The van der Waals surface area contributed by atoms with Gasteiger partial charge in [-0.15, -0.1) is 0 Å². The third kappa shape index (κ3) is 2.25. The molecule has 2 aromatic carbocycles. The van der Waals surface area contributed by atoms with E-state index in [9.17, 15) is 9.90 Å². The molecule has 0 radical (unpaired) electrons. The Morgan fingerprint density at radius 2 is 1.74 bits per heavy atom. The quantitative estimate of drug-likeness (QED) is 0.856. The molecular formula is C16H14O3. The average Bonchev–Trinajstić information content (AvgIpc) is 2.77. The van der Waals surface area contributed by atoms with E-state index in [0.29, 0.717) is 12.0 Å². The fraction of sp³-hybridized carbons (Fsp3) is 0.188. The van der Waals surface area contributed by atoms with Crippen LogP contribution in [0.25, 0.3) is 0 Å². The van der Waals surface area contributed by atoms with Crippen LogP contribution >= 0.6 is 0 Å². The van der Waals surface area contributed by atoms with E-state index in [2.05, 4.69) is 0 Å². The summed E-state index contributed by atoms with van der Waals surface area (Å²) in [4.78, 5) is 11.7. The molecule has 0 aromatic heterocycles. The number of hydrogen-bond acceptors (Lipinski definition) is 3. The number of aliphatic hydroxyl groups excluding tert-OH is 1. The first-order chi connectivity index (χ1) is 9.25. The van der Waals surface area contributed by atoms with Crippen molar-refractivity contribution in [3.05, 3.63) is 71.3 Å². The van der Waals surface area contributed by atoms with Crippen LogP contribution in [0.1, 0.15) is 40.1 Å². The van der Waals surface area contributed by atoms with Crippen LogP contribution in [0.4, 0.5) is 0 Å². The molecule has 1 N–H and O–H groups in total. The molecule has 0 aliphatic carbocycles. The van der Waals surface area contributed by atoms with Gasteiger partial charge in [0.2, 0.25) is 0 Å². The normalized spacial score (nSPS) is 18.8. The number of carbonyl (C=O) groups excluding carboxylic acids is 1. The number of fused-ring (bicyclic) bond motifs is 1. The maximum Gasteiger partial charge on any atom is 0.339 e. The molecule has 0 saturated carbocycles. The van der Waals surface area contributed by atoms with Crippen LogP contribution in [-0.2, 0) is 4.74 Å². The predicted octanol–water partition coefficient (Wildman–Crippen LogP) is 3.02. The monoisotopic (exact) mass is 254 g/mol. The summed E-state index contributed by atoms with van der Waals surface area (Å²) in [6.07, 6.45) is -0.615. The van der Waals surface area contributed by atoms with Crippen molar-refractivity contribution < 1.29 is 14.6 Å². The molecule has 3 nitrogen and oxygen atoms in total. The van der Waals surface area contributed by atoms with Gasteiger partial charge < -0.3 is 9.84 Å². The van der Waals surface area contributed by atoms with Crippen LogP contribution in [-0.4, -0.2) is 11.1 Å². The van der Waals surface area contributed by atoms with E-state index >= 15 is 0 Å². The van der Waals surface area contributed by atoms with E-state index in [1.54, 1.807) is 6.07 Å². The zero-order chi connectivity index (χ0) is 13.2. The fourth-order valence-electron chi connectivity index (χ4n) is 2.41. The lowest BCUT2D eigenvalue weighted by atomic mass is 9.97. The maximum atomic E-state index is 11.7. The van der Waals surface area contributed by atoms with Gasteiger partial charge in [0, 0.05) is 12.0 Å². The highest BCUT2D eigenvalue weighted by Crippen LogP contribution is 2.36. The number of ether oxygens (including phenoxy) is 1. The van der Waals surface area contributed by atoms with Gasteiger partial charge in [-0.1, -0.05) is 48.5 Å². The van der Waals surface area contributed by atoms with Crippen molar-refractivity contribution in [2.75, 3.05) is 0 Å². The highest BCUT2D eigenvalue weighted by atomic mass is 16.5. The Balaban J connectivity index is 1.81. The molecule has 1 aliphatic heterocycles. The highest BCUT2D eigenvalue weighted by Gasteiger charge is 2.32. The standard InChI is InChI=1S/C16H14O3/c17-14(11-6-2-1-3-7-11)10-15-12-8-4-5-9-13(12)16(18)19-15/h1-9,14-15,17H,10H2/t14-,15+/m0/s1. The van der Waals surface area contributed by atoms with Gasteiger partial charge in [0.1, 0.15) is 6.10 Å². The summed E-state index contributed by atoms with van der Waals surface area (Å²) >= 11 is 0. The minimum absolute atomic E-state index is 0.305. The molecule has 0 unspecified atom stereocenters. The van der Waals surface area contributed by atoms with Crippen molar-refractivity contribution in [3.8, 4) is 0 Å². The van der Waals surface area contributed by atoms with Crippen molar-refractivity contribution in [1.82, 2.24) is 0 Å². The van der Waals surface area contributed by atoms with E-state index in [1.165, 1.54) is 0 Å². The predicted molar refractivity (Wildman–Crippen MR) is 70.6 cm³/mol. The number of cyclic esters (lactones) is 1. The Bertz CT molecular complexity index is 592. The zero-order valence-electron chi connectivity index (χ0n) is 10.3. The molecule has 0 amide bonds. The highest BCUT2D eigenvalue weighted by molar-refractivity contribution is 5.93. The first-order valence-electron chi connectivity index (χ1n) is 6.28. The zero-order valence-corrected chi connectivity index (χ0v) is 10.3. The second-order valence-electron chi connectivity index (χ2n) is 4.64. The SMILES string of the molecule is O=C1O[C@H](C[C@H](O)c2ccccc2)c2ccccc21.